The molecule has 18 heavy (non-hydrogen) atoms. The third-order valence-electron chi connectivity index (χ3n) is 2.54. The van der Waals surface area contributed by atoms with Crippen molar-refractivity contribution < 1.29 is 4.74 Å². The van der Waals surface area contributed by atoms with E-state index in [-0.39, 0.29) is 6.10 Å². The summed E-state index contributed by atoms with van der Waals surface area (Å²) in [5.41, 5.74) is 2.07. The molecule has 4 nitrogen and oxygen atoms in total. The second kappa shape index (κ2) is 4.92. The van der Waals surface area contributed by atoms with E-state index >= 15 is 0 Å². The van der Waals surface area contributed by atoms with Crippen LogP contribution in [-0.4, -0.2) is 18.1 Å². The van der Waals surface area contributed by atoms with Crippen LogP contribution in [0.4, 0.5) is 5.69 Å². The first kappa shape index (κ1) is 12.2. The van der Waals surface area contributed by atoms with Gasteiger partial charge in [-0.05, 0) is 38.1 Å². The van der Waals surface area contributed by atoms with E-state index in [1.54, 1.807) is 6.07 Å². The summed E-state index contributed by atoms with van der Waals surface area (Å²) in [6, 6.07) is 9.48. The van der Waals surface area contributed by atoms with Gasteiger partial charge in [-0.1, -0.05) is 0 Å². The zero-order chi connectivity index (χ0) is 13.1. The van der Waals surface area contributed by atoms with Gasteiger partial charge in [0.25, 0.3) is 0 Å². The van der Waals surface area contributed by atoms with E-state index in [4.69, 9.17) is 10.00 Å². The Kier molecular flexibility index (Phi) is 3.33. The van der Waals surface area contributed by atoms with Crippen molar-refractivity contribution in [1.82, 2.24) is 4.98 Å². The van der Waals surface area contributed by atoms with Gasteiger partial charge in [0.05, 0.1) is 11.6 Å². The SMILES string of the molecule is CNc1cc(C#N)nc2ccc(OC(C)C)cc12. The maximum atomic E-state index is 8.93. The number of hydrogen-bond acceptors (Lipinski definition) is 4. The largest absolute Gasteiger partial charge is 0.491 e. The number of nitrogens with one attached hydrogen (secondary N) is 1. The summed E-state index contributed by atoms with van der Waals surface area (Å²) >= 11 is 0. The van der Waals surface area contributed by atoms with Gasteiger partial charge in [-0.3, -0.25) is 0 Å². The number of hydrogen-bond donors (Lipinski definition) is 1. The van der Waals surface area contributed by atoms with Crippen molar-refractivity contribution in [1.29, 1.82) is 5.26 Å². The van der Waals surface area contributed by atoms with E-state index in [0.29, 0.717) is 5.69 Å². The van der Waals surface area contributed by atoms with Crippen LogP contribution in [0, 0.1) is 11.3 Å². The minimum atomic E-state index is 0.131. The van der Waals surface area contributed by atoms with E-state index in [0.717, 1.165) is 22.3 Å². The highest BCUT2D eigenvalue weighted by Gasteiger charge is 2.07. The molecule has 0 bridgehead atoms. The van der Waals surface area contributed by atoms with Gasteiger partial charge in [-0.2, -0.15) is 5.26 Å². The summed E-state index contributed by atoms with van der Waals surface area (Å²) in [7, 11) is 1.83. The molecular weight excluding hydrogens is 226 g/mol. The fraction of sp³-hybridized carbons (Fsp3) is 0.286. The van der Waals surface area contributed by atoms with Crippen molar-refractivity contribution in [2.45, 2.75) is 20.0 Å². The quantitative estimate of drug-likeness (QED) is 0.897. The van der Waals surface area contributed by atoms with Gasteiger partial charge in [-0.25, -0.2) is 4.98 Å². The Morgan fingerprint density at radius 2 is 2.11 bits per heavy atom. The first-order valence-corrected chi connectivity index (χ1v) is 5.83. The number of nitrogens with zero attached hydrogens (tertiary/aromatic N) is 2. The van der Waals surface area contributed by atoms with Gasteiger partial charge in [0, 0.05) is 18.1 Å². The molecule has 1 aromatic heterocycles. The molecule has 0 spiro atoms. The third-order valence-corrected chi connectivity index (χ3v) is 2.54. The summed E-state index contributed by atoms with van der Waals surface area (Å²) in [4.78, 5) is 4.27. The predicted octanol–water partition coefficient (Wildman–Crippen LogP) is 2.94. The number of anilines is 1. The predicted molar refractivity (Wildman–Crippen MR) is 71.8 cm³/mol. The number of nitriles is 1. The second-order valence-electron chi connectivity index (χ2n) is 4.26. The van der Waals surface area contributed by atoms with Crippen LogP contribution in [0.15, 0.2) is 24.3 Å². The zero-order valence-corrected chi connectivity index (χ0v) is 10.7. The van der Waals surface area contributed by atoms with Gasteiger partial charge < -0.3 is 10.1 Å². The molecule has 0 saturated heterocycles. The van der Waals surface area contributed by atoms with Gasteiger partial charge in [0.1, 0.15) is 17.5 Å². The van der Waals surface area contributed by atoms with Crippen LogP contribution in [0.5, 0.6) is 5.75 Å². The fourth-order valence-corrected chi connectivity index (χ4v) is 1.81. The van der Waals surface area contributed by atoms with Crippen molar-refractivity contribution in [2.24, 2.45) is 0 Å². The van der Waals surface area contributed by atoms with E-state index in [1.807, 2.05) is 39.1 Å². The Hall–Kier alpha value is -2.28. The number of fused-ring (bicyclic) bond motifs is 1. The molecule has 2 rings (SSSR count). The Morgan fingerprint density at radius 3 is 2.72 bits per heavy atom. The second-order valence-corrected chi connectivity index (χ2v) is 4.26. The van der Waals surface area contributed by atoms with E-state index in [1.165, 1.54) is 0 Å². The van der Waals surface area contributed by atoms with Crippen LogP contribution in [0.1, 0.15) is 19.5 Å². The van der Waals surface area contributed by atoms with Crippen LogP contribution < -0.4 is 10.1 Å². The summed E-state index contributed by atoms with van der Waals surface area (Å²) in [6.45, 7) is 3.97. The fourth-order valence-electron chi connectivity index (χ4n) is 1.81. The molecule has 0 atom stereocenters. The number of aromatic nitrogens is 1. The average molecular weight is 241 g/mol. The smallest absolute Gasteiger partial charge is 0.143 e. The van der Waals surface area contributed by atoms with Gasteiger partial charge >= 0.3 is 0 Å². The highest BCUT2D eigenvalue weighted by atomic mass is 16.5. The van der Waals surface area contributed by atoms with E-state index in [2.05, 4.69) is 16.4 Å². The minimum absolute atomic E-state index is 0.131. The van der Waals surface area contributed by atoms with Crippen LogP contribution in [-0.2, 0) is 0 Å². The molecule has 0 radical (unpaired) electrons. The molecule has 0 aliphatic heterocycles. The lowest BCUT2D eigenvalue weighted by Gasteiger charge is -2.12. The van der Waals surface area contributed by atoms with E-state index < -0.39 is 0 Å². The van der Waals surface area contributed by atoms with Crippen molar-refractivity contribution in [2.75, 3.05) is 12.4 Å². The van der Waals surface area contributed by atoms with Gasteiger partial charge in [0.15, 0.2) is 0 Å². The zero-order valence-electron chi connectivity index (χ0n) is 10.7. The van der Waals surface area contributed by atoms with Crippen molar-refractivity contribution in [3.8, 4) is 11.8 Å². The molecule has 0 saturated carbocycles. The van der Waals surface area contributed by atoms with E-state index in [9.17, 15) is 0 Å². The molecule has 1 N–H and O–H groups in total. The number of pyridine rings is 1. The molecule has 1 heterocycles. The number of rotatable bonds is 3. The molecule has 4 heteroatoms. The summed E-state index contributed by atoms with van der Waals surface area (Å²) in [5, 5.41) is 13.0. The summed E-state index contributed by atoms with van der Waals surface area (Å²) in [5.74, 6) is 0.806. The lowest BCUT2D eigenvalue weighted by atomic mass is 10.1. The Bertz CT molecular complexity index is 614. The molecule has 92 valence electrons. The van der Waals surface area contributed by atoms with Crippen molar-refractivity contribution >= 4 is 16.6 Å². The Morgan fingerprint density at radius 1 is 1.33 bits per heavy atom. The molecule has 0 amide bonds. The normalized spacial score (nSPS) is 10.4. The Balaban J connectivity index is 2.58. The van der Waals surface area contributed by atoms with Crippen LogP contribution >= 0.6 is 0 Å². The highest BCUT2D eigenvalue weighted by molar-refractivity contribution is 5.92. The maximum absolute atomic E-state index is 8.93. The first-order chi connectivity index (χ1) is 8.63. The lowest BCUT2D eigenvalue weighted by molar-refractivity contribution is 0.243. The van der Waals surface area contributed by atoms with Crippen LogP contribution in [0.25, 0.3) is 10.9 Å². The lowest BCUT2D eigenvalue weighted by Crippen LogP contribution is -2.05. The molecular formula is C14H15N3O. The maximum Gasteiger partial charge on any atom is 0.143 e. The molecule has 2 aromatic rings. The number of benzene rings is 1. The summed E-state index contributed by atoms with van der Waals surface area (Å²) < 4.78 is 5.66. The minimum Gasteiger partial charge on any atom is -0.491 e. The van der Waals surface area contributed by atoms with Crippen LogP contribution in [0.3, 0.4) is 0 Å². The number of ether oxygens (including phenoxy) is 1. The van der Waals surface area contributed by atoms with Crippen LogP contribution in [0.2, 0.25) is 0 Å². The standard InChI is InChI=1S/C14H15N3O/c1-9(2)18-11-4-5-13-12(7-11)14(16-3)6-10(8-15)17-13/h4-7,9H,1-3H3,(H,16,17). The molecule has 1 aromatic carbocycles. The third kappa shape index (κ3) is 2.35. The molecule has 0 unspecified atom stereocenters. The Labute approximate surface area is 106 Å². The first-order valence-electron chi connectivity index (χ1n) is 5.83. The molecule has 0 aliphatic rings. The van der Waals surface area contributed by atoms with Crippen molar-refractivity contribution in [3.63, 3.8) is 0 Å². The average Bonchev–Trinajstić information content (AvgIpc) is 2.36. The van der Waals surface area contributed by atoms with Crippen molar-refractivity contribution in [3.05, 3.63) is 30.0 Å². The molecule has 0 fully saturated rings. The highest BCUT2D eigenvalue weighted by Crippen LogP contribution is 2.27. The molecule has 0 aliphatic carbocycles. The summed E-state index contributed by atoms with van der Waals surface area (Å²) in [6.07, 6.45) is 0.131. The van der Waals surface area contributed by atoms with Gasteiger partial charge in [0.2, 0.25) is 0 Å². The monoisotopic (exact) mass is 241 g/mol. The topological polar surface area (TPSA) is 57.9 Å². The van der Waals surface area contributed by atoms with Gasteiger partial charge in [-0.15, -0.1) is 0 Å².